The summed E-state index contributed by atoms with van der Waals surface area (Å²) in [5.74, 6) is 10.2. The van der Waals surface area contributed by atoms with Gasteiger partial charge in [-0.3, -0.25) is 0 Å². The van der Waals surface area contributed by atoms with Crippen molar-refractivity contribution in [3.63, 3.8) is 0 Å². The highest BCUT2D eigenvalue weighted by atomic mass is 16.3. The summed E-state index contributed by atoms with van der Waals surface area (Å²) in [6, 6.07) is 0. The molecule has 0 fully saturated rings. The Bertz CT molecular complexity index is 324. The average Bonchev–Trinajstić information content (AvgIpc) is 2.32. The molecular weight excluding hydrogens is 196 g/mol. The second-order valence-electron chi connectivity index (χ2n) is 4.49. The molecule has 0 rings (SSSR count). The van der Waals surface area contributed by atoms with Crippen LogP contribution in [0.1, 0.15) is 27.7 Å². The van der Waals surface area contributed by atoms with Crippen molar-refractivity contribution in [3.8, 4) is 24.2 Å². The zero-order valence-corrected chi connectivity index (χ0v) is 10.7. The summed E-state index contributed by atoms with van der Waals surface area (Å²) in [7, 11) is 0. The first-order valence-corrected chi connectivity index (χ1v) is 5.70. The van der Waals surface area contributed by atoms with Gasteiger partial charge in [0.15, 0.2) is 0 Å². The van der Waals surface area contributed by atoms with Crippen LogP contribution in [0, 0.1) is 47.9 Å². The lowest BCUT2D eigenvalue weighted by Gasteiger charge is -2.25. The van der Waals surface area contributed by atoms with E-state index in [4.69, 9.17) is 11.5 Å². The molecule has 0 saturated heterocycles. The Labute approximate surface area is 100.0 Å². The van der Waals surface area contributed by atoms with Crippen LogP contribution in [-0.2, 0) is 0 Å². The number of aliphatic hydroxyl groups excluding tert-OH is 1. The second-order valence-corrected chi connectivity index (χ2v) is 4.49. The van der Waals surface area contributed by atoms with Crippen LogP contribution in [0.5, 0.6) is 0 Å². The van der Waals surface area contributed by atoms with Gasteiger partial charge in [-0.15, -0.1) is 12.3 Å². The van der Waals surface area contributed by atoms with Crippen LogP contribution in [0.3, 0.4) is 0 Å². The maximum absolute atomic E-state index is 8.79. The van der Waals surface area contributed by atoms with Gasteiger partial charge < -0.3 is 5.11 Å². The van der Waals surface area contributed by atoms with Gasteiger partial charge in [0.05, 0.1) is 6.61 Å². The van der Waals surface area contributed by atoms with E-state index in [0.29, 0.717) is 17.4 Å². The molecule has 4 unspecified atom stereocenters. The van der Waals surface area contributed by atoms with Gasteiger partial charge in [-0.05, 0) is 11.8 Å². The van der Waals surface area contributed by atoms with Gasteiger partial charge in [0, 0.05) is 17.4 Å². The minimum atomic E-state index is -0.0651. The molecule has 0 aliphatic carbocycles. The van der Waals surface area contributed by atoms with Gasteiger partial charge in [-0.1, -0.05) is 46.1 Å². The van der Waals surface area contributed by atoms with Gasteiger partial charge >= 0.3 is 0 Å². The summed E-state index contributed by atoms with van der Waals surface area (Å²) in [4.78, 5) is 0. The van der Waals surface area contributed by atoms with Crippen LogP contribution in [-0.4, -0.2) is 11.7 Å². The molecule has 4 atom stereocenters. The van der Waals surface area contributed by atoms with Crippen molar-refractivity contribution in [2.45, 2.75) is 27.7 Å². The van der Waals surface area contributed by atoms with Crippen LogP contribution < -0.4 is 0 Å². The first kappa shape index (κ1) is 14.8. The highest BCUT2D eigenvalue weighted by Gasteiger charge is 2.21. The van der Waals surface area contributed by atoms with E-state index in [1.165, 1.54) is 0 Å². The van der Waals surface area contributed by atoms with Crippen LogP contribution in [0.25, 0.3) is 0 Å². The van der Waals surface area contributed by atoms with E-state index in [2.05, 4.69) is 52.0 Å². The van der Waals surface area contributed by atoms with Gasteiger partial charge in [-0.2, -0.15) is 0 Å². The van der Waals surface area contributed by atoms with Crippen molar-refractivity contribution in [2.75, 3.05) is 6.61 Å². The summed E-state index contributed by atoms with van der Waals surface area (Å²) in [6.07, 6.45) is 5.42. The van der Waals surface area contributed by atoms with Crippen LogP contribution in [0.2, 0.25) is 0 Å². The van der Waals surface area contributed by atoms with E-state index in [9.17, 15) is 0 Å². The maximum Gasteiger partial charge on any atom is 0.0754 e. The summed E-state index contributed by atoms with van der Waals surface area (Å²) in [6.45, 7) is 12.1. The van der Waals surface area contributed by atoms with E-state index in [1.807, 2.05) is 0 Å². The van der Waals surface area contributed by atoms with E-state index in [0.717, 1.165) is 0 Å². The fraction of sp³-hybridized carbons (Fsp3) is 0.600. The fourth-order valence-corrected chi connectivity index (χ4v) is 1.45. The van der Waals surface area contributed by atoms with Crippen LogP contribution in [0.4, 0.5) is 0 Å². The summed E-state index contributed by atoms with van der Waals surface area (Å²) in [5, 5.41) is 8.79. The number of terminal acetylenes is 1. The molecule has 16 heavy (non-hydrogen) atoms. The molecule has 0 aromatic rings. The molecule has 0 aromatic carbocycles. The Kier molecular flexibility index (Phi) is 6.63. The molecule has 0 radical (unpaired) electrons. The third kappa shape index (κ3) is 4.56. The molecule has 1 heteroatoms. The van der Waals surface area contributed by atoms with Crippen LogP contribution in [0.15, 0.2) is 12.2 Å². The first-order valence-electron chi connectivity index (χ1n) is 5.70. The molecule has 0 spiro atoms. The van der Waals surface area contributed by atoms with Crippen molar-refractivity contribution >= 4 is 0 Å². The smallest absolute Gasteiger partial charge is 0.0754 e. The predicted octanol–water partition coefficient (Wildman–Crippen LogP) is 2.72. The molecule has 0 aromatic heterocycles. The lowest BCUT2D eigenvalue weighted by atomic mass is 9.79. The van der Waals surface area contributed by atoms with Gasteiger partial charge in [0.1, 0.15) is 0 Å². The number of aliphatic hydroxyl groups is 1. The zero-order valence-electron chi connectivity index (χ0n) is 10.7. The first-order chi connectivity index (χ1) is 7.43. The Morgan fingerprint density at radius 2 is 1.69 bits per heavy atom. The van der Waals surface area contributed by atoms with Crippen molar-refractivity contribution in [3.05, 3.63) is 12.2 Å². The number of hydrogen-bond donors (Lipinski definition) is 1. The molecule has 88 valence electrons. The number of hydrogen-bond acceptors (Lipinski definition) is 1. The molecule has 0 amide bonds. The van der Waals surface area contributed by atoms with E-state index in [-0.39, 0.29) is 18.4 Å². The second kappa shape index (κ2) is 7.15. The molecule has 0 saturated carbocycles. The maximum atomic E-state index is 8.79. The van der Waals surface area contributed by atoms with E-state index < -0.39 is 0 Å². The lowest BCUT2D eigenvalue weighted by Crippen LogP contribution is -2.20. The average molecular weight is 218 g/mol. The third-order valence-corrected chi connectivity index (χ3v) is 3.34. The molecule has 0 aliphatic rings. The minimum absolute atomic E-state index is 0.0651. The Morgan fingerprint density at radius 3 is 2.12 bits per heavy atom. The largest absolute Gasteiger partial charge is 0.391 e. The van der Waals surface area contributed by atoms with Gasteiger partial charge in [-0.25, -0.2) is 0 Å². The summed E-state index contributed by atoms with van der Waals surface area (Å²) in [5.41, 5.74) is 0.566. The quantitative estimate of drug-likeness (QED) is 0.719. The highest BCUT2D eigenvalue weighted by Crippen LogP contribution is 2.26. The molecule has 0 heterocycles. The van der Waals surface area contributed by atoms with Crippen molar-refractivity contribution in [1.82, 2.24) is 0 Å². The summed E-state index contributed by atoms with van der Waals surface area (Å²) < 4.78 is 0. The Balaban J connectivity index is 4.49. The monoisotopic (exact) mass is 218 g/mol. The molecule has 1 nitrogen and oxygen atoms in total. The Hall–Kier alpha value is -1.18. The lowest BCUT2D eigenvalue weighted by molar-refractivity contribution is 0.280. The van der Waals surface area contributed by atoms with Crippen molar-refractivity contribution < 1.29 is 5.11 Å². The van der Waals surface area contributed by atoms with Crippen LogP contribution >= 0.6 is 0 Å². The van der Waals surface area contributed by atoms with E-state index in [1.54, 1.807) is 0 Å². The standard InChI is InChI=1S/C15H22O/c1-7-12(3)14(5)15(6)13(4)9-8-11(2)10-16/h1,12-16H,2,10H2,3-6H3. The minimum Gasteiger partial charge on any atom is -0.391 e. The van der Waals surface area contributed by atoms with Crippen molar-refractivity contribution in [2.24, 2.45) is 23.7 Å². The highest BCUT2D eigenvalue weighted by molar-refractivity contribution is 5.26. The van der Waals surface area contributed by atoms with Gasteiger partial charge in [0.25, 0.3) is 0 Å². The predicted molar refractivity (Wildman–Crippen MR) is 69.5 cm³/mol. The van der Waals surface area contributed by atoms with E-state index >= 15 is 0 Å². The van der Waals surface area contributed by atoms with Crippen molar-refractivity contribution in [1.29, 1.82) is 0 Å². The topological polar surface area (TPSA) is 20.2 Å². The fourth-order valence-electron chi connectivity index (χ4n) is 1.45. The summed E-state index contributed by atoms with van der Waals surface area (Å²) >= 11 is 0. The third-order valence-electron chi connectivity index (χ3n) is 3.34. The molecule has 0 bridgehead atoms. The zero-order chi connectivity index (χ0) is 12.7. The number of rotatable bonds is 4. The normalized spacial score (nSPS) is 17.2. The SMILES string of the molecule is C#CC(C)C(C)C(C)C(C)C#CC(=C)CO. The molecule has 0 aliphatic heterocycles. The molecular formula is C15H22O. The van der Waals surface area contributed by atoms with Gasteiger partial charge in [0.2, 0.25) is 0 Å². The Morgan fingerprint density at radius 1 is 1.19 bits per heavy atom. The molecule has 1 N–H and O–H groups in total.